The fraction of sp³-hybridized carbons (Fsp3) is 0.435. The van der Waals surface area contributed by atoms with Gasteiger partial charge in [-0.1, -0.05) is 45.6 Å². The topological polar surface area (TPSA) is 70.0 Å². The average molecular weight is 394 g/mol. The third kappa shape index (κ3) is 18.1. The second-order valence-corrected chi connectivity index (χ2v) is 5.73. The minimum atomic E-state index is -0.227. The van der Waals surface area contributed by atoms with Gasteiger partial charge in [0.25, 0.3) is 0 Å². The van der Waals surface area contributed by atoms with Crippen LogP contribution in [0, 0.1) is 0 Å². The van der Waals surface area contributed by atoms with Crippen LogP contribution in [0.15, 0.2) is 54.8 Å². The van der Waals surface area contributed by atoms with Gasteiger partial charge in [0.1, 0.15) is 11.5 Å². The van der Waals surface area contributed by atoms with E-state index in [9.17, 15) is 4.79 Å². The SMILES string of the molecule is C=CC(=C)Oc1ccc(O)c(O)c1.CC.CC=C(C)C.CCCN(C)C(C)=O. The monoisotopic (exact) mass is 393 g/mol. The zero-order valence-corrected chi connectivity index (χ0v) is 18.9. The van der Waals surface area contributed by atoms with Crippen LogP contribution in [-0.4, -0.2) is 34.6 Å². The molecule has 1 rings (SSSR count). The number of carbonyl (C=O) groups is 1. The van der Waals surface area contributed by atoms with E-state index in [1.54, 1.807) is 11.8 Å². The van der Waals surface area contributed by atoms with Crippen LogP contribution in [0.1, 0.15) is 54.9 Å². The van der Waals surface area contributed by atoms with Crippen molar-refractivity contribution in [2.75, 3.05) is 13.6 Å². The van der Waals surface area contributed by atoms with Crippen LogP contribution in [0.25, 0.3) is 0 Å². The van der Waals surface area contributed by atoms with Gasteiger partial charge in [0.05, 0.1) is 0 Å². The lowest BCUT2D eigenvalue weighted by Crippen LogP contribution is -2.24. The largest absolute Gasteiger partial charge is 0.504 e. The van der Waals surface area contributed by atoms with Gasteiger partial charge in [0, 0.05) is 26.6 Å². The molecular weight excluding hydrogens is 354 g/mol. The van der Waals surface area contributed by atoms with Crippen molar-refractivity contribution >= 4 is 5.91 Å². The lowest BCUT2D eigenvalue weighted by Gasteiger charge is -2.11. The Balaban J connectivity index is -0.000000357. The van der Waals surface area contributed by atoms with E-state index in [0.29, 0.717) is 11.5 Å². The summed E-state index contributed by atoms with van der Waals surface area (Å²) in [5.74, 6) is 0.517. The van der Waals surface area contributed by atoms with Gasteiger partial charge in [-0.3, -0.25) is 4.79 Å². The minimum Gasteiger partial charge on any atom is -0.504 e. The number of phenols is 2. The molecule has 0 heterocycles. The van der Waals surface area contributed by atoms with E-state index in [-0.39, 0.29) is 17.4 Å². The summed E-state index contributed by atoms with van der Waals surface area (Å²) in [6.07, 6.45) is 4.57. The van der Waals surface area contributed by atoms with Crippen molar-refractivity contribution in [3.05, 3.63) is 54.8 Å². The smallest absolute Gasteiger partial charge is 0.219 e. The zero-order valence-electron chi connectivity index (χ0n) is 18.9. The van der Waals surface area contributed by atoms with Crippen molar-refractivity contribution in [2.45, 2.75) is 54.9 Å². The summed E-state index contributed by atoms with van der Waals surface area (Å²) >= 11 is 0. The molecule has 0 unspecified atom stereocenters. The Bertz CT molecular complexity index is 603. The zero-order chi connectivity index (χ0) is 22.7. The number of phenolic OH excluding ortho intramolecular Hbond substituents is 2. The molecule has 0 saturated heterocycles. The molecule has 0 bridgehead atoms. The summed E-state index contributed by atoms with van der Waals surface area (Å²) in [5.41, 5.74) is 1.38. The van der Waals surface area contributed by atoms with E-state index in [4.69, 9.17) is 14.9 Å². The summed E-state index contributed by atoms with van der Waals surface area (Å²) in [5, 5.41) is 18.1. The Labute approximate surface area is 171 Å². The summed E-state index contributed by atoms with van der Waals surface area (Å²) in [4.78, 5) is 12.2. The molecule has 1 aromatic carbocycles. The maximum absolute atomic E-state index is 10.5. The van der Waals surface area contributed by atoms with Gasteiger partial charge in [-0.05, 0) is 45.4 Å². The Morgan fingerprint density at radius 3 is 1.96 bits per heavy atom. The number of hydrogen-bond donors (Lipinski definition) is 2. The highest BCUT2D eigenvalue weighted by Gasteiger charge is 2.01. The number of allylic oxidation sites excluding steroid dienone is 3. The van der Waals surface area contributed by atoms with Crippen LogP contribution in [0.2, 0.25) is 0 Å². The highest BCUT2D eigenvalue weighted by Crippen LogP contribution is 2.29. The number of hydrogen-bond acceptors (Lipinski definition) is 4. The molecule has 160 valence electrons. The molecule has 0 saturated carbocycles. The first-order chi connectivity index (χ1) is 13.1. The highest BCUT2D eigenvalue weighted by molar-refractivity contribution is 5.72. The summed E-state index contributed by atoms with van der Waals surface area (Å²) in [6.45, 7) is 21.7. The maximum atomic E-state index is 10.5. The molecule has 0 aliphatic heterocycles. The number of rotatable bonds is 5. The quantitative estimate of drug-likeness (QED) is 0.276. The van der Waals surface area contributed by atoms with Gasteiger partial charge in [-0.15, -0.1) is 0 Å². The molecule has 0 aliphatic carbocycles. The highest BCUT2D eigenvalue weighted by atomic mass is 16.5. The third-order valence-electron chi connectivity index (χ3n) is 3.10. The Hall–Kier alpha value is -2.69. The fourth-order valence-electron chi connectivity index (χ4n) is 1.25. The van der Waals surface area contributed by atoms with E-state index >= 15 is 0 Å². The van der Waals surface area contributed by atoms with Crippen molar-refractivity contribution in [1.29, 1.82) is 0 Å². The minimum absolute atomic E-state index is 0.145. The Morgan fingerprint density at radius 1 is 1.18 bits per heavy atom. The predicted octanol–water partition coefficient (Wildman–Crippen LogP) is 6.05. The van der Waals surface area contributed by atoms with E-state index in [1.165, 1.54) is 29.8 Å². The standard InChI is InChI=1S/C10H10O3.C6H13NO.C5H10.C2H6/c1-3-7(2)13-8-4-5-9(11)10(12)6-8;1-4-5-7(3)6(2)8;1-4-5(2)3;1-2/h3-6,11-12H,1-2H2;4-5H2,1-3H3;4H,1-3H3;1-2H3. The van der Waals surface area contributed by atoms with Crippen LogP contribution in [-0.2, 0) is 4.79 Å². The molecule has 0 radical (unpaired) electrons. The van der Waals surface area contributed by atoms with Crippen LogP contribution in [0.3, 0.4) is 0 Å². The summed E-state index contributed by atoms with van der Waals surface area (Å²) in [6, 6.07) is 4.15. The molecular formula is C23H39NO4. The molecule has 0 atom stereocenters. The lowest BCUT2D eigenvalue weighted by atomic mass is 10.3. The number of nitrogens with zero attached hydrogens (tertiary/aromatic N) is 1. The first-order valence-corrected chi connectivity index (χ1v) is 9.41. The second-order valence-electron chi connectivity index (χ2n) is 5.73. The third-order valence-corrected chi connectivity index (χ3v) is 3.10. The Morgan fingerprint density at radius 2 is 1.68 bits per heavy atom. The van der Waals surface area contributed by atoms with E-state index in [2.05, 4.69) is 40.0 Å². The number of aromatic hydroxyl groups is 2. The lowest BCUT2D eigenvalue weighted by molar-refractivity contribution is -0.127. The van der Waals surface area contributed by atoms with Crippen molar-refractivity contribution in [3.8, 4) is 17.2 Å². The fourth-order valence-corrected chi connectivity index (χ4v) is 1.25. The number of benzene rings is 1. The Kier molecular flexibility index (Phi) is 20.5. The average Bonchev–Trinajstić information content (AvgIpc) is 2.67. The maximum Gasteiger partial charge on any atom is 0.219 e. The molecule has 2 N–H and O–H groups in total. The van der Waals surface area contributed by atoms with E-state index in [0.717, 1.165) is 13.0 Å². The van der Waals surface area contributed by atoms with E-state index in [1.807, 2.05) is 27.8 Å². The van der Waals surface area contributed by atoms with Gasteiger partial charge in [0.15, 0.2) is 11.5 Å². The molecule has 0 spiro atoms. The molecule has 5 heteroatoms. The number of ether oxygens (including phenoxy) is 1. The van der Waals surface area contributed by atoms with Crippen LogP contribution < -0.4 is 4.74 Å². The van der Waals surface area contributed by atoms with E-state index < -0.39 is 0 Å². The van der Waals surface area contributed by atoms with Gasteiger partial charge in [0.2, 0.25) is 5.91 Å². The molecule has 28 heavy (non-hydrogen) atoms. The number of amides is 1. The van der Waals surface area contributed by atoms with Crippen molar-refractivity contribution in [2.24, 2.45) is 0 Å². The predicted molar refractivity (Wildman–Crippen MR) is 120 cm³/mol. The number of carbonyl (C=O) groups excluding carboxylic acids is 1. The summed E-state index contributed by atoms with van der Waals surface area (Å²) in [7, 11) is 1.81. The van der Waals surface area contributed by atoms with Crippen LogP contribution >= 0.6 is 0 Å². The van der Waals surface area contributed by atoms with Gasteiger partial charge in [-0.25, -0.2) is 0 Å². The van der Waals surface area contributed by atoms with Crippen LogP contribution in [0.4, 0.5) is 0 Å². The molecule has 0 aliphatic rings. The first kappa shape index (κ1) is 30.1. The molecule has 1 amide bonds. The molecule has 0 aromatic heterocycles. The normalized spacial score (nSPS) is 8.29. The van der Waals surface area contributed by atoms with Crippen molar-refractivity contribution in [3.63, 3.8) is 0 Å². The summed E-state index contributed by atoms with van der Waals surface area (Å²) < 4.78 is 5.12. The second kappa shape index (κ2) is 19.1. The molecule has 0 fully saturated rings. The van der Waals surface area contributed by atoms with Crippen LogP contribution in [0.5, 0.6) is 17.2 Å². The van der Waals surface area contributed by atoms with Gasteiger partial charge in [-0.2, -0.15) is 0 Å². The molecule has 1 aromatic rings. The first-order valence-electron chi connectivity index (χ1n) is 9.41. The van der Waals surface area contributed by atoms with Crippen molar-refractivity contribution in [1.82, 2.24) is 4.90 Å². The van der Waals surface area contributed by atoms with Gasteiger partial charge < -0.3 is 19.8 Å². The molecule has 5 nitrogen and oxygen atoms in total. The van der Waals surface area contributed by atoms with Gasteiger partial charge >= 0.3 is 0 Å². The van der Waals surface area contributed by atoms with Crippen molar-refractivity contribution < 1.29 is 19.7 Å².